The highest BCUT2D eigenvalue weighted by atomic mass is 35.6. The molecule has 2 rings (SSSR count). The lowest BCUT2D eigenvalue weighted by molar-refractivity contribution is 0.192. The molecule has 2 nitrogen and oxygen atoms in total. The Morgan fingerprint density at radius 3 is 1.64 bits per heavy atom. The van der Waals surface area contributed by atoms with E-state index in [1.807, 2.05) is 6.92 Å². The molecule has 0 spiro atoms. The molecular formula is C23H56Cl2O2Si6. The fourth-order valence-electron chi connectivity index (χ4n) is 7.46. The van der Waals surface area contributed by atoms with Gasteiger partial charge in [-0.05, 0) is 51.1 Å². The van der Waals surface area contributed by atoms with Crippen LogP contribution in [0.25, 0.3) is 0 Å². The number of rotatable bonds is 6. The predicted octanol–water partition coefficient (Wildman–Crippen LogP) is 9.38. The average molecular weight is 604 g/mol. The van der Waals surface area contributed by atoms with E-state index in [9.17, 15) is 0 Å². The van der Waals surface area contributed by atoms with E-state index in [0.717, 1.165) is 6.04 Å². The van der Waals surface area contributed by atoms with Crippen molar-refractivity contribution in [3.05, 3.63) is 0 Å². The first kappa shape index (κ1) is 32.8. The van der Waals surface area contributed by atoms with Gasteiger partial charge in [0.2, 0.25) is 0 Å². The first-order valence-corrected chi connectivity index (χ1v) is 35.3. The van der Waals surface area contributed by atoms with Gasteiger partial charge in [-0.3, -0.25) is 0 Å². The van der Waals surface area contributed by atoms with Crippen molar-refractivity contribution in [1.82, 2.24) is 0 Å². The third kappa shape index (κ3) is 5.80. The summed E-state index contributed by atoms with van der Waals surface area (Å²) in [4.78, 5) is 0. The summed E-state index contributed by atoms with van der Waals surface area (Å²) in [5.74, 6) is 0. The largest absolute Gasteiger partial charge is 0.417 e. The van der Waals surface area contributed by atoms with E-state index in [1.165, 1.54) is 42.7 Å². The summed E-state index contributed by atoms with van der Waals surface area (Å²) in [6.45, 7) is 29.4. The van der Waals surface area contributed by atoms with Gasteiger partial charge in [0, 0.05) is 6.10 Å². The molecule has 4 atom stereocenters. The molecule has 0 amide bonds. The quantitative estimate of drug-likeness (QED) is 0.171. The van der Waals surface area contributed by atoms with Crippen molar-refractivity contribution in [1.29, 1.82) is 0 Å². The van der Waals surface area contributed by atoms with Gasteiger partial charge in [-0.15, -0.1) is 0 Å². The van der Waals surface area contributed by atoms with Crippen LogP contribution < -0.4 is 0 Å². The van der Waals surface area contributed by atoms with Crippen molar-refractivity contribution in [2.75, 3.05) is 0 Å². The Hall–Kier alpha value is 1.80. The molecule has 2 heterocycles. The maximum Gasteiger partial charge on any atom is 0.175 e. The molecule has 0 N–H and O–H groups in total. The number of hydrogen-bond donors (Lipinski definition) is 0. The summed E-state index contributed by atoms with van der Waals surface area (Å²) >= 11 is 13.2. The zero-order valence-corrected chi connectivity index (χ0v) is 31.8. The smallest absolute Gasteiger partial charge is 0.175 e. The zero-order valence-electron chi connectivity index (χ0n) is 24.3. The highest BCUT2D eigenvalue weighted by molar-refractivity contribution is 7.77. The van der Waals surface area contributed by atoms with Crippen LogP contribution in [0.15, 0.2) is 0 Å². The third-order valence-electron chi connectivity index (χ3n) is 10.7. The van der Waals surface area contributed by atoms with Gasteiger partial charge in [0.25, 0.3) is 0 Å². The molecule has 2 fully saturated rings. The molecule has 2 saturated heterocycles. The van der Waals surface area contributed by atoms with Crippen LogP contribution in [-0.4, -0.2) is 55.5 Å². The third-order valence-corrected chi connectivity index (χ3v) is 96.0. The van der Waals surface area contributed by atoms with Gasteiger partial charge in [0.05, 0.1) is 21.8 Å². The summed E-state index contributed by atoms with van der Waals surface area (Å²) in [5, 5.41) is -0.499. The maximum absolute atomic E-state index is 6.86. The van der Waals surface area contributed by atoms with Crippen molar-refractivity contribution >= 4 is 67.1 Å². The van der Waals surface area contributed by atoms with Crippen LogP contribution >= 0.6 is 22.7 Å². The van der Waals surface area contributed by atoms with E-state index in [2.05, 4.69) is 80.8 Å². The van der Waals surface area contributed by atoms with Crippen LogP contribution in [0.5, 0.6) is 0 Å². The van der Waals surface area contributed by atoms with Gasteiger partial charge in [0.15, 0.2) is 15.7 Å². The van der Waals surface area contributed by atoms with E-state index in [0.29, 0.717) is 6.10 Å². The summed E-state index contributed by atoms with van der Waals surface area (Å²) in [5.41, 5.74) is 0. The van der Waals surface area contributed by atoms with Crippen LogP contribution in [0.1, 0.15) is 54.9 Å². The average Bonchev–Trinajstić information content (AvgIpc) is 2.70. The highest BCUT2D eigenvalue weighted by Gasteiger charge is 2.65. The second kappa shape index (κ2) is 11.3. The fourth-order valence-corrected chi connectivity index (χ4v) is 89.8. The van der Waals surface area contributed by atoms with Gasteiger partial charge >= 0.3 is 0 Å². The highest BCUT2D eigenvalue weighted by Crippen LogP contribution is 2.49. The Labute approximate surface area is 222 Å². The summed E-state index contributed by atoms with van der Waals surface area (Å²) in [6.07, 6.45) is 1.86. The molecule has 10 heteroatoms. The molecule has 0 radical (unpaired) electrons. The van der Waals surface area contributed by atoms with Crippen LogP contribution in [0.2, 0.25) is 81.6 Å². The molecule has 0 aromatic heterocycles. The molecule has 33 heavy (non-hydrogen) atoms. The Morgan fingerprint density at radius 1 is 0.818 bits per heavy atom. The van der Waals surface area contributed by atoms with Crippen LogP contribution in [0.3, 0.4) is 0 Å². The van der Waals surface area contributed by atoms with Crippen molar-refractivity contribution in [2.24, 2.45) is 0 Å². The van der Waals surface area contributed by atoms with Gasteiger partial charge in [-0.2, -0.15) is 11.1 Å². The summed E-state index contributed by atoms with van der Waals surface area (Å²) in [6, 6.07) is 9.81. The van der Waals surface area contributed by atoms with Crippen LogP contribution in [0.4, 0.5) is 0 Å². The Kier molecular flexibility index (Phi) is 11.2. The standard InChI is InChI=1S/C15H36OSi3.C8H20Cl2OSi3/c1-8-15-14-18(10-3,11-4)19(12-5,13-6)17(7,9-2)16-15;1-8(9)7-14(6,10)13(4,5)12(2,3)11-8/h15H,8-14H2,1-7H3;7H2,1-6H3. The zero-order chi connectivity index (χ0) is 26.1. The van der Waals surface area contributed by atoms with E-state index >= 15 is 0 Å². The fraction of sp³-hybridized carbons (Fsp3) is 1.00. The molecule has 198 valence electrons. The normalized spacial score (nSPS) is 38.8. The number of halogens is 2. The lowest BCUT2D eigenvalue weighted by atomic mass is 10.3. The maximum atomic E-state index is 6.86. The van der Waals surface area contributed by atoms with Gasteiger partial charge in [0.1, 0.15) is 12.0 Å². The molecule has 4 unspecified atom stereocenters. The van der Waals surface area contributed by atoms with Gasteiger partial charge < -0.3 is 8.85 Å². The second-order valence-electron chi connectivity index (χ2n) is 12.4. The predicted molar refractivity (Wildman–Crippen MR) is 168 cm³/mol. The molecule has 0 aliphatic carbocycles. The lowest BCUT2D eigenvalue weighted by Gasteiger charge is -2.61. The van der Waals surface area contributed by atoms with E-state index in [-0.39, 0.29) is 0 Å². The Morgan fingerprint density at radius 2 is 1.30 bits per heavy atom. The lowest BCUT2D eigenvalue weighted by Crippen LogP contribution is -2.80. The van der Waals surface area contributed by atoms with Crippen molar-refractivity contribution in [3.63, 3.8) is 0 Å². The summed E-state index contributed by atoms with van der Waals surface area (Å²) in [7, 11) is -6.74. The van der Waals surface area contributed by atoms with Crippen molar-refractivity contribution < 1.29 is 8.85 Å². The first-order chi connectivity index (χ1) is 14.9. The Bertz CT molecular complexity index is 629. The number of hydrogen-bond acceptors (Lipinski definition) is 2. The molecule has 2 aliphatic heterocycles. The van der Waals surface area contributed by atoms with E-state index < -0.39 is 49.4 Å². The minimum atomic E-state index is -1.67. The van der Waals surface area contributed by atoms with E-state index in [4.69, 9.17) is 31.5 Å². The summed E-state index contributed by atoms with van der Waals surface area (Å²) < 4.78 is 13.0. The molecule has 0 saturated carbocycles. The number of alkyl halides is 1. The first-order valence-electron chi connectivity index (χ1n) is 13.6. The Balaban J connectivity index is 0.000000346. The van der Waals surface area contributed by atoms with Crippen molar-refractivity contribution in [2.45, 2.75) is 148 Å². The van der Waals surface area contributed by atoms with E-state index in [1.54, 1.807) is 0 Å². The van der Waals surface area contributed by atoms with Crippen LogP contribution in [-0.2, 0) is 8.85 Å². The monoisotopic (exact) mass is 602 g/mol. The SMILES string of the molecule is CC1(Cl)C[Si](C)(Cl)[Si](C)(C)[Si](C)(C)O1.CCC1C[Si](CC)(CC)[Si](CC)(CC)[Si](C)(CC)O1. The van der Waals surface area contributed by atoms with Gasteiger partial charge in [-0.25, -0.2) is 0 Å². The molecule has 0 bridgehead atoms. The minimum absolute atomic E-state index is 0.499. The molecule has 0 aromatic rings. The minimum Gasteiger partial charge on any atom is -0.417 e. The second-order valence-corrected chi connectivity index (χ2v) is 66.8. The van der Waals surface area contributed by atoms with Crippen molar-refractivity contribution in [3.8, 4) is 0 Å². The van der Waals surface area contributed by atoms with Gasteiger partial charge in [-0.1, -0.05) is 97.0 Å². The topological polar surface area (TPSA) is 18.5 Å². The molecule has 2 aliphatic rings. The molecular weight excluding hydrogens is 548 g/mol. The van der Waals surface area contributed by atoms with Crippen LogP contribution in [0, 0.1) is 0 Å². The molecule has 0 aromatic carbocycles.